The Labute approximate surface area is 96.5 Å². The van der Waals surface area contributed by atoms with Crippen molar-refractivity contribution in [3.8, 4) is 0 Å². The van der Waals surface area contributed by atoms with Gasteiger partial charge in [0.1, 0.15) is 0 Å². The predicted octanol–water partition coefficient (Wildman–Crippen LogP) is 1.58. The van der Waals surface area contributed by atoms with Crippen molar-refractivity contribution in [3.63, 3.8) is 0 Å². The smallest absolute Gasteiger partial charge is 0.231 e. The molecule has 3 heteroatoms. The van der Waals surface area contributed by atoms with Crippen LogP contribution >= 0.6 is 0 Å². The maximum absolute atomic E-state index is 11.8. The van der Waals surface area contributed by atoms with Crippen molar-refractivity contribution in [2.24, 2.45) is 0 Å². The van der Waals surface area contributed by atoms with E-state index in [2.05, 4.69) is 12.2 Å². The van der Waals surface area contributed by atoms with Gasteiger partial charge in [-0.25, -0.2) is 0 Å². The molecule has 1 N–H and O–H groups in total. The Morgan fingerprint density at radius 1 is 1.38 bits per heavy atom. The Bertz CT molecular complexity index is 376. The number of hydrogen-bond donors (Lipinski definition) is 1. The highest BCUT2D eigenvalue weighted by atomic mass is 16.2. The van der Waals surface area contributed by atoms with E-state index in [1.807, 2.05) is 29.2 Å². The average molecular weight is 218 g/mol. The maximum Gasteiger partial charge on any atom is 0.231 e. The average Bonchev–Trinajstić information content (AvgIpc) is 2.61. The molecule has 1 aromatic carbocycles. The van der Waals surface area contributed by atoms with Crippen LogP contribution in [0.15, 0.2) is 24.3 Å². The minimum absolute atomic E-state index is 0.234. The standard InChI is InChI=1S/C13H18N2O/c1-2-14-8-5-9-15-12-7-4-3-6-11(12)10-13(15)16/h3-4,6-7,14H,2,5,8-10H2,1H3. The van der Waals surface area contributed by atoms with E-state index >= 15 is 0 Å². The lowest BCUT2D eigenvalue weighted by Gasteiger charge is -2.17. The zero-order valence-corrected chi connectivity index (χ0v) is 9.70. The molecule has 0 bridgehead atoms. The third-order valence-corrected chi connectivity index (χ3v) is 2.91. The van der Waals surface area contributed by atoms with Crippen LogP contribution in [0.4, 0.5) is 5.69 Å². The quantitative estimate of drug-likeness (QED) is 0.761. The number of nitrogens with one attached hydrogen (secondary N) is 1. The lowest BCUT2D eigenvalue weighted by atomic mass is 10.2. The molecule has 1 aliphatic heterocycles. The number of rotatable bonds is 5. The molecule has 1 aliphatic rings. The van der Waals surface area contributed by atoms with Gasteiger partial charge in [0.25, 0.3) is 0 Å². The van der Waals surface area contributed by atoms with Crippen LogP contribution in [0, 0.1) is 0 Å². The first-order valence-electron chi connectivity index (χ1n) is 5.92. The summed E-state index contributed by atoms with van der Waals surface area (Å²) in [5, 5.41) is 3.27. The van der Waals surface area contributed by atoms with E-state index in [1.165, 1.54) is 0 Å². The van der Waals surface area contributed by atoms with Crippen molar-refractivity contribution in [1.29, 1.82) is 0 Å². The van der Waals surface area contributed by atoms with Crippen LogP contribution in [0.2, 0.25) is 0 Å². The van der Waals surface area contributed by atoms with Crippen molar-refractivity contribution in [1.82, 2.24) is 5.32 Å². The first-order valence-corrected chi connectivity index (χ1v) is 5.92. The Morgan fingerprint density at radius 2 is 2.19 bits per heavy atom. The Kier molecular flexibility index (Phi) is 3.57. The number of fused-ring (bicyclic) bond motifs is 1. The molecule has 0 saturated carbocycles. The molecule has 3 nitrogen and oxygen atoms in total. The molecular weight excluding hydrogens is 200 g/mol. The maximum atomic E-state index is 11.8. The van der Waals surface area contributed by atoms with Gasteiger partial charge in [0.2, 0.25) is 5.91 Å². The van der Waals surface area contributed by atoms with Crippen LogP contribution in [0.25, 0.3) is 0 Å². The van der Waals surface area contributed by atoms with Gasteiger partial charge in [-0.05, 0) is 31.1 Å². The van der Waals surface area contributed by atoms with E-state index in [9.17, 15) is 4.79 Å². The summed E-state index contributed by atoms with van der Waals surface area (Å²) < 4.78 is 0. The number of amides is 1. The molecule has 0 unspecified atom stereocenters. The molecule has 1 aromatic rings. The van der Waals surface area contributed by atoms with Gasteiger partial charge in [-0.3, -0.25) is 4.79 Å². The molecule has 0 aromatic heterocycles. The predicted molar refractivity (Wildman–Crippen MR) is 65.7 cm³/mol. The fraction of sp³-hybridized carbons (Fsp3) is 0.462. The lowest BCUT2D eigenvalue weighted by Crippen LogP contribution is -2.30. The topological polar surface area (TPSA) is 32.3 Å². The molecule has 0 spiro atoms. The largest absolute Gasteiger partial charge is 0.317 e. The second kappa shape index (κ2) is 5.12. The molecule has 0 fully saturated rings. The number of hydrogen-bond acceptors (Lipinski definition) is 2. The van der Waals surface area contributed by atoms with Crippen molar-refractivity contribution in [3.05, 3.63) is 29.8 Å². The first kappa shape index (κ1) is 11.1. The molecule has 86 valence electrons. The summed E-state index contributed by atoms with van der Waals surface area (Å²) in [6, 6.07) is 8.06. The van der Waals surface area contributed by atoms with Gasteiger partial charge < -0.3 is 10.2 Å². The minimum atomic E-state index is 0.234. The Balaban J connectivity index is 1.97. The molecule has 2 rings (SSSR count). The molecule has 0 atom stereocenters. The highest BCUT2D eigenvalue weighted by Crippen LogP contribution is 2.28. The van der Waals surface area contributed by atoms with E-state index in [1.54, 1.807) is 0 Å². The summed E-state index contributed by atoms with van der Waals surface area (Å²) in [5.41, 5.74) is 2.26. The SMILES string of the molecule is CCNCCCN1C(=O)Cc2ccccc21. The van der Waals surface area contributed by atoms with Gasteiger partial charge in [-0.1, -0.05) is 25.1 Å². The van der Waals surface area contributed by atoms with Crippen LogP contribution < -0.4 is 10.2 Å². The zero-order chi connectivity index (χ0) is 11.4. The molecule has 1 heterocycles. The Hall–Kier alpha value is -1.35. The van der Waals surface area contributed by atoms with E-state index in [-0.39, 0.29) is 5.91 Å². The van der Waals surface area contributed by atoms with Crippen molar-refractivity contribution in [2.45, 2.75) is 19.8 Å². The van der Waals surface area contributed by atoms with Crippen LogP contribution in [0.5, 0.6) is 0 Å². The highest BCUT2D eigenvalue weighted by molar-refractivity contribution is 6.01. The van der Waals surface area contributed by atoms with Gasteiger partial charge in [0.05, 0.1) is 6.42 Å². The summed E-state index contributed by atoms with van der Waals surface area (Å²) in [6.45, 7) is 4.88. The van der Waals surface area contributed by atoms with E-state index in [0.29, 0.717) is 6.42 Å². The van der Waals surface area contributed by atoms with Crippen LogP contribution in [0.1, 0.15) is 18.9 Å². The third-order valence-electron chi connectivity index (χ3n) is 2.91. The van der Waals surface area contributed by atoms with Crippen LogP contribution in [-0.2, 0) is 11.2 Å². The normalized spacial score (nSPS) is 14.3. The lowest BCUT2D eigenvalue weighted by molar-refractivity contribution is -0.117. The zero-order valence-electron chi connectivity index (χ0n) is 9.70. The second-order valence-electron chi connectivity index (χ2n) is 4.06. The first-order chi connectivity index (χ1) is 7.83. The van der Waals surface area contributed by atoms with Crippen molar-refractivity contribution in [2.75, 3.05) is 24.5 Å². The number of carbonyl (C=O) groups excluding carboxylic acids is 1. The molecule has 16 heavy (non-hydrogen) atoms. The summed E-state index contributed by atoms with van der Waals surface area (Å²) >= 11 is 0. The number of para-hydroxylation sites is 1. The molecule has 0 aliphatic carbocycles. The van der Waals surface area contributed by atoms with Crippen LogP contribution in [0.3, 0.4) is 0 Å². The van der Waals surface area contributed by atoms with Crippen molar-refractivity contribution < 1.29 is 4.79 Å². The number of nitrogens with zero attached hydrogens (tertiary/aromatic N) is 1. The fourth-order valence-corrected chi connectivity index (χ4v) is 2.10. The molecule has 0 saturated heterocycles. The molecule has 0 radical (unpaired) electrons. The van der Waals surface area contributed by atoms with Gasteiger partial charge in [-0.2, -0.15) is 0 Å². The summed E-state index contributed by atoms with van der Waals surface area (Å²) in [6.07, 6.45) is 1.57. The van der Waals surface area contributed by atoms with Crippen LogP contribution in [-0.4, -0.2) is 25.5 Å². The summed E-state index contributed by atoms with van der Waals surface area (Å²) in [5.74, 6) is 0.234. The van der Waals surface area contributed by atoms with E-state index in [0.717, 1.165) is 37.3 Å². The minimum Gasteiger partial charge on any atom is -0.317 e. The summed E-state index contributed by atoms with van der Waals surface area (Å²) in [7, 11) is 0. The van der Waals surface area contributed by atoms with E-state index in [4.69, 9.17) is 0 Å². The monoisotopic (exact) mass is 218 g/mol. The third kappa shape index (κ3) is 2.25. The van der Waals surface area contributed by atoms with Crippen molar-refractivity contribution >= 4 is 11.6 Å². The molecule has 1 amide bonds. The number of carbonyl (C=O) groups is 1. The fourth-order valence-electron chi connectivity index (χ4n) is 2.10. The van der Waals surface area contributed by atoms with E-state index < -0.39 is 0 Å². The Morgan fingerprint density at radius 3 is 3.00 bits per heavy atom. The number of anilines is 1. The number of benzene rings is 1. The van der Waals surface area contributed by atoms with Gasteiger partial charge in [-0.15, -0.1) is 0 Å². The van der Waals surface area contributed by atoms with Gasteiger partial charge >= 0.3 is 0 Å². The summed E-state index contributed by atoms with van der Waals surface area (Å²) in [4.78, 5) is 13.7. The van der Waals surface area contributed by atoms with Gasteiger partial charge in [0, 0.05) is 12.2 Å². The highest BCUT2D eigenvalue weighted by Gasteiger charge is 2.25. The van der Waals surface area contributed by atoms with Gasteiger partial charge in [0.15, 0.2) is 0 Å². The second-order valence-corrected chi connectivity index (χ2v) is 4.06. The molecular formula is C13H18N2O.